The first-order valence-electron chi connectivity index (χ1n) is 10.5. The third-order valence-corrected chi connectivity index (χ3v) is 5.43. The molecule has 2 aromatic heterocycles. The van der Waals surface area contributed by atoms with Gasteiger partial charge >= 0.3 is 0 Å². The van der Waals surface area contributed by atoms with Gasteiger partial charge in [-0.1, -0.05) is 60.7 Å². The van der Waals surface area contributed by atoms with E-state index in [-0.39, 0.29) is 5.91 Å². The quantitative estimate of drug-likeness (QED) is 0.490. The van der Waals surface area contributed by atoms with Crippen molar-refractivity contribution in [3.63, 3.8) is 0 Å². The molecule has 0 bridgehead atoms. The fourth-order valence-corrected chi connectivity index (χ4v) is 3.76. The molecule has 0 aliphatic carbocycles. The normalized spacial score (nSPS) is 10.8. The molecular formula is C26H26N4O. The Kier molecular flexibility index (Phi) is 6.22. The molecule has 0 atom stereocenters. The van der Waals surface area contributed by atoms with Crippen LogP contribution in [-0.2, 0) is 17.6 Å². The molecule has 31 heavy (non-hydrogen) atoms. The second-order valence-electron chi connectivity index (χ2n) is 7.59. The molecule has 1 amide bonds. The monoisotopic (exact) mass is 410 g/mol. The van der Waals surface area contributed by atoms with Gasteiger partial charge in [0.1, 0.15) is 0 Å². The maximum atomic E-state index is 12.4. The van der Waals surface area contributed by atoms with E-state index in [1.54, 1.807) is 6.20 Å². The van der Waals surface area contributed by atoms with E-state index in [1.807, 2.05) is 67.1 Å². The van der Waals surface area contributed by atoms with E-state index in [2.05, 4.69) is 39.7 Å². The number of carbonyl (C=O) groups excluding carboxylic acids is 1. The molecule has 0 saturated carbocycles. The van der Waals surface area contributed by atoms with Crippen molar-refractivity contribution in [1.82, 2.24) is 20.1 Å². The van der Waals surface area contributed by atoms with Crippen molar-refractivity contribution in [1.29, 1.82) is 0 Å². The minimum absolute atomic E-state index is 0.0277. The largest absolute Gasteiger partial charge is 0.355 e. The molecule has 156 valence electrons. The number of hydrogen-bond donors (Lipinski definition) is 1. The highest BCUT2D eigenvalue weighted by Crippen LogP contribution is 2.19. The molecule has 2 aromatic carbocycles. The summed E-state index contributed by atoms with van der Waals surface area (Å²) in [6.07, 6.45) is 2.88. The molecule has 0 aliphatic heterocycles. The topological polar surface area (TPSA) is 59.8 Å². The van der Waals surface area contributed by atoms with E-state index >= 15 is 0 Å². The molecule has 0 spiro atoms. The average molecular weight is 411 g/mol. The Labute approximate surface area is 182 Å². The zero-order chi connectivity index (χ0) is 21.6. The fraction of sp³-hybridized carbons (Fsp3) is 0.192. The molecule has 0 unspecified atom stereocenters. The third-order valence-electron chi connectivity index (χ3n) is 5.43. The van der Waals surface area contributed by atoms with Crippen molar-refractivity contribution in [2.45, 2.75) is 26.7 Å². The van der Waals surface area contributed by atoms with Crippen molar-refractivity contribution < 1.29 is 4.79 Å². The number of aromatic nitrogens is 3. The second kappa shape index (κ2) is 9.39. The van der Waals surface area contributed by atoms with Crippen LogP contribution < -0.4 is 5.32 Å². The number of amides is 1. The number of pyridine rings is 1. The number of nitrogens with zero attached hydrogens (tertiary/aromatic N) is 3. The van der Waals surface area contributed by atoms with Crippen LogP contribution >= 0.6 is 0 Å². The number of rotatable bonds is 7. The van der Waals surface area contributed by atoms with Crippen molar-refractivity contribution in [2.24, 2.45) is 0 Å². The van der Waals surface area contributed by atoms with Crippen LogP contribution in [0.4, 0.5) is 0 Å². The highest BCUT2D eigenvalue weighted by Gasteiger charge is 2.13. The van der Waals surface area contributed by atoms with Gasteiger partial charge in [0.05, 0.1) is 12.1 Å². The smallest absolute Gasteiger partial charge is 0.224 e. The molecule has 2 heterocycles. The van der Waals surface area contributed by atoms with Gasteiger partial charge in [-0.2, -0.15) is 5.10 Å². The Bertz CT molecular complexity index is 1150. The highest BCUT2D eigenvalue weighted by atomic mass is 16.1. The fourth-order valence-electron chi connectivity index (χ4n) is 3.76. The molecular weight excluding hydrogens is 384 g/mol. The molecule has 4 rings (SSSR count). The summed E-state index contributed by atoms with van der Waals surface area (Å²) in [6.45, 7) is 4.62. The van der Waals surface area contributed by atoms with Crippen LogP contribution in [0.25, 0.3) is 16.9 Å². The maximum Gasteiger partial charge on any atom is 0.224 e. The SMILES string of the molecule is Cc1nn(-c2ccccn2)c(C)c1CCNC(=O)Cc1ccc(-c2ccccc2)cc1. The lowest BCUT2D eigenvalue weighted by molar-refractivity contribution is -0.120. The molecule has 0 fully saturated rings. The molecule has 0 saturated heterocycles. The van der Waals surface area contributed by atoms with E-state index in [0.717, 1.165) is 40.3 Å². The number of nitrogens with one attached hydrogen (secondary N) is 1. The summed E-state index contributed by atoms with van der Waals surface area (Å²) in [4.78, 5) is 16.8. The first-order chi connectivity index (χ1) is 15.1. The van der Waals surface area contributed by atoms with Crippen molar-refractivity contribution >= 4 is 5.91 Å². The van der Waals surface area contributed by atoms with Crippen LogP contribution in [0.15, 0.2) is 79.0 Å². The Morgan fingerprint density at radius 1 is 0.903 bits per heavy atom. The molecule has 5 nitrogen and oxygen atoms in total. The van der Waals surface area contributed by atoms with Crippen molar-refractivity contribution in [2.75, 3.05) is 6.54 Å². The average Bonchev–Trinajstić information content (AvgIpc) is 3.09. The van der Waals surface area contributed by atoms with E-state index < -0.39 is 0 Å². The van der Waals surface area contributed by atoms with Gasteiger partial charge < -0.3 is 5.32 Å². The van der Waals surface area contributed by atoms with Crippen LogP contribution in [0.2, 0.25) is 0 Å². The van der Waals surface area contributed by atoms with Gasteiger partial charge in [0.2, 0.25) is 5.91 Å². The summed E-state index contributed by atoms with van der Waals surface area (Å²) in [7, 11) is 0. The molecule has 1 N–H and O–H groups in total. The molecule has 0 aliphatic rings. The van der Waals surface area contributed by atoms with Gasteiger partial charge in [-0.25, -0.2) is 9.67 Å². The highest BCUT2D eigenvalue weighted by molar-refractivity contribution is 5.78. The number of carbonyl (C=O) groups is 1. The van der Waals surface area contributed by atoms with Crippen LogP contribution in [0, 0.1) is 13.8 Å². The maximum absolute atomic E-state index is 12.4. The van der Waals surface area contributed by atoms with Crippen LogP contribution in [-0.4, -0.2) is 27.2 Å². The summed E-state index contributed by atoms with van der Waals surface area (Å²) in [6, 6.07) is 24.2. The Balaban J connectivity index is 1.32. The summed E-state index contributed by atoms with van der Waals surface area (Å²) < 4.78 is 1.86. The summed E-state index contributed by atoms with van der Waals surface area (Å²) in [5, 5.41) is 7.66. The van der Waals surface area contributed by atoms with E-state index in [0.29, 0.717) is 13.0 Å². The first kappa shape index (κ1) is 20.5. The van der Waals surface area contributed by atoms with Crippen LogP contribution in [0.5, 0.6) is 0 Å². The van der Waals surface area contributed by atoms with Crippen molar-refractivity contribution in [3.8, 4) is 16.9 Å². The lowest BCUT2D eigenvalue weighted by atomic mass is 10.0. The standard InChI is InChI=1S/C26H26N4O/c1-19-24(20(2)30(29-19)25-10-6-7-16-27-25)15-17-28-26(31)18-21-11-13-23(14-12-21)22-8-4-3-5-9-22/h3-14,16H,15,17-18H2,1-2H3,(H,28,31). The summed E-state index contributed by atoms with van der Waals surface area (Å²) in [5.74, 6) is 0.831. The predicted molar refractivity (Wildman–Crippen MR) is 123 cm³/mol. The Morgan fingerprint density at radius 2 is 1.61 bits per heavy atom. The first-order valence-corrected chi connectivity index (χ1v) is 10.5. The lowest BCUT2D eigenvalue weighted by Gasteiger charge is -2.08. The van der Waals surface area contributed by atoms with E-state index in [1.165, 1.54) is 5.56 Å². The number of hydrogen-bond acceptors (Lipinski definition) is 3. The van der Waals surface area contributed by atoms with Gasteiger partial charge in [0, 0.05) is 18.4 Å². The van der Waals surface area contributed by atoms with Gasteiger partial charge in [-0.3, -0.25) is 4.79 Å². The lowest BCUT2D eigenvalue weighted by Crippen LogP contribution is -2.27. The van der Waals surface area contributed by atoms with Gasteiger partial charge in [-0.05, 0) is 54.7 Å². The number of benzene rings is 2. The zero-order valence-electron chi connectivity index (χ0n) is 17.9. The minimum atomic E-state index is 0.0277. The third kappa shape index (κ3) is 4.89. The van der Waals surface area contributed by atoms with Gasteiger partial charge in [0.15, 0.2) is 5.82 Å². The van der Waals surface area contributed by atoms with Crippen molar-refractivity contribution in [3.05, 3.63) is 102 Å². The van der Waals surface area contributed by atoms with Crippen LogP contribution in [0.1, 0.15) is 22.5 Å². The number of aryl methyl sites for hydroxylation is 1. The van der Waals surface area contributed by atoms with Crippen LogP contribution in [0.3, 0.4) is 0 Å². The molecule has 4 aromatic rings. The predicted octanol–water partition coefficient (Wildman–Crippen LogP) is 4.45. The van der Waals surface area contributed by atoms with E-state index in [4.69, 9.17) is 0 Å². The molecule has 0 radical (unpaired) electrons. The van der Waals surface area contributed by atoms with Gasteiger partial charge in [0.25, 0.3) is 0 Å². The van der Waals surface area contributed by atoms with Gasteiger partial charge in [-0.15, -0.1) is 0 Å². The second-order valence-corrected chi connectivity index (χ2v) is 7.59. The molecule has 5 heteroatoms. The Hall–Kier alpha value is -3.73. The summed E-state index contributed by atoms with van der Waals surface area (Å²) in [5.41, 5.74) is 6.51. The van der Waals surface area contributed by atoms with E-state index in [9.17, 15) is 4.79 Å². The summed E-state index contributed by atoms with van der Waals surface area (Å²) >= 11 is 0. The minimum Gasteiger partial charge on any atom is -0.355 e. The zero-order valence-corrected chi connectivity index (χ0v) is 17.9. The Morgan fingerprint density at radius 3 is 2.32 bits per heavy atom.